The first-order valence-corrected chi connectivity index (χ1v) is 11.4. The summed E-state index contributed by atoms with van der Waals surface area (Å²) < 4.78 is 11.6. The molecule has 5 nitrogen and oxygen atoms in total. The zero-order chi connectivity index (χ0) is 21.0. The molecule has 0 aromatic heterocycles. The van der Waals surface area contributed by atoms with Crippen LogP contribution < -0.4 is 0 Å². The van der Waals surface area contributed by atoms with Gasteiger partial charge in [0.25, 0.3) is 0 Å². The van der Waals surface area contributed by atoms with Crippen LogP contribution in [0.15, 0.2) is 46.5 Å². The lowest BCUT2D eigenvalue weighted by atomic mass is 9.47. The monoisotopic (exact) mass is 410 g/mol. The molecule has 2 fully saturated rings. The minimum Gasteiger partial charge on any atom is -0.427 e. The summed E-state index contributed by atoms with van der Waals surface area (Å²) in [6, 6.07) is 0. The Hall–Kier alpha value is -2.14. The van der Waals surface area contributed by atoms with E-state index in [0.717, 1.165) is 61.0 Å². The van der Waals surface area contributed by atoms with Crippen LogP contribution in [-0.2, 0) is 19.1 Å². The molecular weight excluding hydrogens is 380 g/mol. The molecule has 30 heavy (non-hydrogen) atoms. The lowest BCUT2D eigenvalue weighted by Crippen LogP contribution is -2.50. The molecule has 2 heterocycles. The molecule has 2 aliphatic heterocycles. The molecule has 5 heteroatoms. The molecule has 4 aliphatic carbocycles. The van der Waals surface area contributed by atoms with Crippen molar-refractivity contribution in [2.75, 3.05) is 6.61 Å². The van der Waals surface area contributed by atoms with Crippen molar-refractivity contribution in [3.8, 4) is 0 Å². The summed E-state index contributed by atoms with van der Waals surface area (Å²) in [6.07, 6.45) is 12.4. The van der Waals surface area contributed by atoms with Gasteiger partial charge in [0, 0.05) is 29.2 Å². The summed E-state index contributed by atoms with van der Waals surface area (Å²) in [4.78, 5) is 25.9. The van der Waals surface area contributed by atoms with Crippen molar-refractivity contribution in [2.45, 2.75) is 58.8 Å². The standard InChI is InChI=1S/C25H30O5/c1-3-4-5-20-25-11-10-15(12-18(25)23(27)30-20)16-7-8-17-19(9-6-14(2)13-26)29-24(28)21(17)22(16)25/h5,9,12,14-16,22,26H,3-4,6-8,10-11,13H2,1-2H3. The second-order valence-corrected chi connectivity index (χ2v) is 9.55. The molecule has 6 aliphatic rings. The lowest BCUT2D eigenvalue weighted by molar-refractivity contribution is -0.135. The van der Waals surface area contributed by atoms with Crippen LogP contribution in [0.4, 0.5) is 0 Å². The Labute approximate surface area is 177 Å². The number of unbranched alkanes of at least 4 members (excludes halogenated alkanes) is 1. The van der Waals surface area contributed by atoms with Crippen LogP contribution in [0, 0.1) is 29.1 Å². The van der Waals surface area contributed by atoms with Crippen molar-refractivity contribution in [1.82, 2.24) is 0 Å². The Morgan fingerprint density at radius 1 is 1.23 bits per heavy atom. The number of allylic oxidation sites excluding steroid dienone is 5. The first kappa shape index (κ1) is 19.8. The van der Waals surface area contributed by atoms with Gasteiger partial charge in [0.2, 0.25) is 0 Å². The van der Waals surface area contributed by atoms with Crippen LogP contribution in [0.1, 0.15) is 58.8 Å². The van der Waals surface area contributed by atoms with E-state index >= 15 is 0 Å². The maximum Gasteiger partial charge on any atom is 0.340 e. The fraction of sp³-hybridized carbons (Fsp3) is 0.600. The predicted molar refractivity (Wildman–Crippen MR) is 111 cm³/mol. The van der Waals surface area contributed by atoms with Crippen LogP contribution in [-0.4, -0.2) is 23.7 Å². The number of carbonyl (C=O) groups is 2. The van der Waals surface area contributed by atoms with Gasteiger partial charge in [0.1, 0.15) is 11.5 Å². The molecule has 0 amide bonds. The van der Waals surface area contributed by atoms with Crippen LogP contribution >= 0.6 is 0 Å². The topological polar surface area (TPSA) is 72.8 Å². The largest absolute Gasteiger partial charge is 0.427 e. The maximum atomic E-state index is 13.1. The maximum absolute atomic E-state index is 13.1. The van der Waals surface area contributed by atoms with E-state index in [-0.39, 0.29) is 30.4 Å². The number of carbonyl (C=O) groups excluding carboxylic acids is 2. The van der Waals surface area contributed by atoms with Crippen molar-refractivity contribution >= 4 is 11.9 Å². The SMILES string of the molecule is CCCC=C1OC(=O)C2=CC3CCC12C1C2=C(CCC31)C(=CCC(C)CO)OC2=O. The number of aliphatic hydroxyl groups excluding tert-OH is 1. The Kier molecular flexibility index (Phi) is 4.77. The van der Waals surface area contributed by atoms with Crippen LogP contribution in [0.2, 0.25) is 0 Å². The molecule has 1 saturated carbocycles. The predicted octanol–water partition coefficient (Wildman–Crippen LogP) is 4.35. The minimum atomic E-state index is -0.500. The molecule has 5 unspecified atom stereocenters. The first-order valence-electron chi connectivity index (χ1n) is 11.4. The van der Waals surface area contributed by atoms with Gasteiger partial charge in [-0.1, -0.05) is 26.3 Å². The second-order valence-electron chi connectivity index (χ2n) is 9.55. The number of ether oxygens (including phenoxy) is 2. The fourth-order valence-electron chi connectivity index (χ4n) is 6.40. The van der Waals surface area contributed by atoms with Crippen LogP contribution in [0.25, 0.3) is 0 Å². The van der Waals surface area contributed by atoms with Gasteiger partial charge in [-0.3, -0.25) is 0 Å². The highest BCUT2D eigenvalue weighted by Gasteiger charge is 2.66. The van der Waals surface area contributed by atoms with E-state index in [2.05, 4.69) is 19.1 Å². The van der Waals surface area contributed by atoms with Crippen LogP contribution in [0.3, 0.4) is 0 Å². The Bertz CT molecular complexity index is 920. The summed E-state index contributed by atoms with van der Waals surface area (Å²) in [7, 11) is 0. The summed E-state index contributed by atoms with van der Waals surface area (Å²) in [5.41, 5.74) is 2.07. The van der Waals surface area contributed by atoms with Gasteiger partial charge in [-0.25, -0.2) is 9.59 Å². The third-order valence-corrected chi connectivity index (χ3v) is 7.82. The van der Waals surface area contributed by atoms with Gasteiger partial charge >= 0.3 is 11.9 Å². The molecule has 0 aromatic carbocycles. The van der Waals surface area contributed by atoms with Crippen molar-refractivity contribution in [2.24, 2.45) is 29.1 Å². The number of aliphatic hydroxyl groups is 1. The quantitative estimate of drug-likeness (QED) is 0.683. The van der Waals surface area contributed by atoms with Crippen molar-refractivity contribution in [1.29, 1.82) is 0 Å². The van der Waals surface area contributed by atoms with Crippen molar-refractivity contribution in [3.05, 3.63) is 46.5 Å². The highest BCUT2D eigenvalue weighted by Crippen LogP contribution is 2.68. The Morgan fingerprint density at radius 2 is 2.07 bits per heavy atom. The minimum absolute atomic E-state index is 0.0387. The average molecular weight is 411 g/mol. The summed E-state index contributed by atoms with van der Waals surface area (Å²) >= 11 is 0. The molecule has 0 radical (unpaired) electrons. The second kappa shape index (κ2) is 7.23. The van der Waals surface area contributed by atoms with Gasteiger partial charge in [0.15, 0.2) is 0 Å². The average Bonchev–Trinajstić information content (AvgIpc) is 3.25. The molecule has 1 spiro atoms. The van der Waals surface area contributed by atoms with E-state index in [9.17, 15) is 14.7 Å². The van der Waals surface area contributed by atoms with E-state index in [1.54, 1.807) is 0 Å². The Morgan fingerprint density at radius 3 is 2.83 bits per heavy atom. The fourth-order valence-corrected chi connectivity index (χ4v) is 6.40. The van der Waals surface area contributed by atoms with Crippen LogP contribution in [0.5, 0.6) is 0 Å². The van der Waals surface area contributed by atoms with Gasteiger partial charge in [-0.15, -0.1) is 0 Å². The zero-order valence-electron chi connectivity index (χ0n) is 17.8. The normalized spacial score (nSPS) is 37.7. The zero-order valence-corrected chi connectivity index (χ0v) is 17.8. The van der Waals surface area contributed by atoms with Gasteiger partial charge in [0.05, 0.1) is 5.41 Å². The smallest absolute Gasteiger partial charge is 0.340 e. The lowest BCUT2D eigenvalue weighted by Gasteiger charge is -2.54. The summed E-state index contributed by atoms with van der Waals surface area (Å²) in [6.45, 7) is 4.20. The Balaban J connectivity index is 1.62. The highest BCUT2D eigenvalue weighted by molar-refractivity contribution is 5.99. The summed E-state index contributed by atoms with van der Waals surface area (Å²) in [5.74, 6) is 1.72. The van der Waals surface area contributed by atoms with E-state index in [1.165, 1.54) is 0 Å². The van der Waals surface area contributed by atoms with Gasteiger partial charge < -0.3 is 14.6 Å². The molecule has 6 rings (SSSR count). The van der Waals surface area contributed by atoms with Crippen molar-refractivity contribution in [3.63, 3.8) is 0 Å². The number of rotatable bonds is 5. The number of fused-ring (bicyclic) bond motifs is 1. The summed E-state index contributed by atoms with van der Waals surface area (Å²) in [5, 5.41) is 9.34. The molecule has 160 valence electrons. The van der Waals surface area contributed by atoms with Gasteiger partial charge in [-0.2, -0.15) is 0 Å². The number of hydrogen-bond acceptors (Lipinski definition) is 5. The number of cyclic esters (lactones) is 2. The molecule has 2 bridgehead atoms. The first-order chi connectivity index (χ1) is 14.5. The molecule has 1 saturated heterocycles. The highest BCUT2D eigenvalue weighted by atomic mass is 16.5. The van der Waals surface area contributed by atoms with E-state index < -0.39 is 5.41 Å². The third kappa shape index (κ3) is 2.64. The molecular formula is C25H30O5. The van der Waals surface area contributed by atoms with Crippen molar-refractivity contribution < 1.29 is 24.2 Å². The third-order valence-electron chi connectivity index (χ3n) is 7.82. The molecule has 0 aromatic rings. The number of esters is 2. The van der Waals surface area contributed by atoms with Gasteiger partial charge in [-0.05, 0) is 68.4 Å². The molecule has 1 N–H and O–H groups in total. The van der Waals surface area contributed by atoms with E-state index in [1.807, 2.05) is 13.0 Å². The van der Waals surface area contributed by atoms with E-state index in [4.69, 9.17) is 9.47 Å². The molecule has 5 atom stereocenters. The van der Waals surface area contributed by atoms with E-state index in [0.29, 0.717) is 24.0 Å². The number of hydrogen-bond donors (Lipinski definition) is 1.